The van der Waals surface area contributed by atoms with Gasteiger partial charge in [-0.2, -0.15) is 0 Å². The molecule has 0 aliphatic heterocycles. The topological polar surface area (TPSA) is 179 Å². The van der Waals surface area contributed by atoms with E-state index in [9.17, 15) is 9.59 Å². The molecule has 0 radical (unpaired) electrons. The summed E-state index contributed by atoms with van der Waals surface area (Å²) in [5.41, 5.74) is 18.8. The molecule has 34 heavy (non-hydrogen) atoms. The Bertz CT molecular complexity index is 1250. The Kier molecular flexibility index (Phi) is 7.78. The first kappa shape index (κ1) is 24.2. The van der Waals surface area contributed by atoms with Crippen LogP contribution in [0.5, 0.6) is 5.75 Å². The molecule has 1 amide bonds. The number of rotatable bonds is 9. The van der Waals surface area contributed by atoms with Crippen molar-refractivity contribution in [2.24, 2.45) is 22.2 Å². The van der Waals surface area contributed by atoms with Crippen LogP contribution in [0.25, 0.3) is 10.8 Å². The van der Waals surface area contributed by atoms with Crippen molar-refractivity contribution in [3.8, 4) is 5.75 Å². The summed E-state index contributed by atoms with van der Waals surface area (Å²) in [4.78, 5) is 28.6. The second kappa shape index (κ2) is 10.9. The number of guanidine groups is 1. The standard InChI is InChI=1S/C24H26N6O4/c1-33-11-10-29-24(28)30-17-6-2-14(3-7-17)23(32)34-20-9-5-15-12-16(22(26)27)4-8-18(15)19(20)13-21(25)31/h2-9,12H,10-11,13H2,1H3,(H2,25,31)(H3,26,27)(H3,28,29,30). The maximum Gasteiger partial charge on any atom is 0.343 e. The van der Waals surface area contributed by atoms with E-state index in [0.29, 0.717) is 40.9 Å². The van der Waals surface area contributed by atoms with Crippen molar-refractivity contribution in [2.45, 2.75) is 6.42 Å². The van der Waals surface area contributed by atoms with Gasteiger partial charge in [0.15, 0.2) is 5.96 Å². The molecule has 0 spiro atoms. The molecule has 176 valence electrons. The lowest BCUT2D eigenvalue weighted by Crippen LogP contribution is -2.23. The van der Waals surface area contributed by atoms with Crippen LogP contribution >= 0.6 is 0 Å². The van der Waals surface area contributed by atoms with Gasteiger partial charge in [0.25, 0.3) is 0 Å². The van der Waals surface area contributed by atoms with E-state index in [1.54, 1.807) is 61.7 Å². The summed E-state index contributed by atoms with van der Waals surface area (Å²) in [6.45, 7) is 0.882. The molecule has 0 atom stereocenters. The molecular weight excluding hydrogens is 436 g/mol. The lowest BCUT2D eigenvalue weighted by atomic mass is 9.98. The van der Waals surface area contributed by atoms with E-state index in [1.165, 1.54) is 0 Å². The van der Waals surface area contributed by atoms with Gasteiger partial charge < -0.3 is 32.0 Å². The molecule has 8 N–H and O–H groups in total. The average Bonchev–Trinajstić information content (AvgIpc) is 2.80. The number of nitrogens with zero attached hydrogens (tertiary/aromatic N) is 1. The number of primary amides is 1. The minimum Gasteiger partial charge on any atom is -0.423 e. The zero-order valence-electron chi connectivity index (χ0n) is 18.6. The molecule has 3 aromatic rings. The molecule has 0 saturated heterocycles. The first-order valence-electron chi connectivity index (χ1n) is 10.3. The van der Waals surface area contributed by atoms with Crippen LogP contribution in [0.4, 0.5) is 5.69 Å². The van der Waals surface area contributed by atoms with E-state index in [-0.39, 0.29) is 24.0 Å². The van der Waals surface area contributed by atoms with E-state index in [4.69, 9.17) is 32.1 Å². The Hall–Kier alpha value is -4.44. The molecule has 0 aliphatic carbocycles. The van der Waals surface area contributed by atoms with Gasteiger partial charge in [0, 0.05) is 23.9 Å². The van der Waals surface area contributed by atoms with E-state index >= 15 is 0 Å². The smallest absolute Gasteiger partial charge is 0.343 e. The van der Waals surface area contributed by atoms with Gasteiger partial charge in [-0.1, -0.05) is 18.2 Å². The van der Waals surface area contributed by atoms with Gasteiger partial charge in [0.1, 0.15) is 11.6 Å². The number of amides is 1. The lowest BCUT2D eigenvalue weighted by molar-refractivity contribution is -0.117. The van der Waals surface area contributed by atoms with Crippen LogP contribution in [-0.4, -0.2) is 43.9 Å². The van der Waals surface area contributed by atoms with Crippen LogP contribution in [0, 0.1) is 5.41 Å². The number of benzene rings is 3. The Morgan fingerprint density at radius 1 is 1.00 bits per heavy atom. The number of methoxy groups -OCH3 is 1. The summed E-state index contributed by atoms with van der Waals surface area (Å²) in [6, 6.07) is 14.9. The number of fused-ring (bicyclic) bond motifs is 1. The normalized spacial score (nSPS) is 11.3. The highest BCUT2D eigenvalue weighted by molar-refractivity contribution is 6.01. The van der Waals surface area contributed by atoms with E-state index in [0.717, 1.165) is 5.39 Å². The third-order valence-electron chi connectivity index (χ3n) is 4.92. The van der Waals surface area contributed by atoms with Crippen molar-refractivity contribution in [3.05, 3.63) is 71.3 Å². The third-order valence-corrected chi connectivity index (χ3v) is 4.92. The minimum absolute atomic E-state index is 0.0743. The number of carbonyl (C=O) groups excluding carboxylic acids is 2. The fourth-order valence-electron chi connectivity index (χ4n) is 3.29. The number of hydrogen-bond donors (Lipinski definition) is 5. The van der Waals surface area contributed by atoms with Crippen molar-refractivity contribution >= 4 is 40.1 Å². The number of anilines is 1. The number of ether oxygens (including phenoxy) is 2. The summed E-state index contributed by atoms with van der Waals surface area (Å²) >= 11 is 0. The third kappa shape index (κ3) is 6.08. The van der Waals surface area contributed by atoms with Gasteiger partial charge in [-0.25, -0.2) is 4.79 Å². The van der Waals surface area contributed by atoms with Gasteiger partial charge in [-0.15, -0.1) is 0 Å². The largest absolute Gasteiger partial charge is 0.423 e. The zero-order chi connectivity index (χ0) is 24.7. The Morgan fingerprint density at radius 3 is 2.35 bits per heavy atom. The van der Waals surface area contributed by atoms with Crippen LogP contribution in [0.1, 0.15) is 21.5 Å². The van der Waals surface area contributed by atoms with Crippen molar-refractivity contribution in [2.75, 3.05) is 25.6 Å². The highest BCUT2D eigenvalue weighted by atomic mass is 16.5. The van der Waals surface area contributed by atoms with Crippen LogP contribution in [-0.2, 0) is 16.0 Å². The Balaban J connectivity index is 1.82. The molecule has 3 rings (SSSR count). The SMILES string of the molecule is COCCN=C(N)Nc1ccc(C(=O)Oc2ccc3cc(C(=N)N)ccc3c2CC(N)=O)cc1. The van der Waals surface area contributed by atoms with Crippen LogP contribution in [0.15, 0.2) is 59.6 Å². The second-order valence-corrected chi connectivity index (χ2v) is 7.39. The number of esters is 1. The Labute approximate surface area is 196 Å². The predicted octanol–water partition coefficient (Wildman–Crippen LogP) is 1.74. The van der Waals surface area contributed by atoms with Crippen molar-refractivity contribution in [1.29, 1.82) is 5.41 Å². The molecule has 0 aromatic heterocycles. The van der Waals surface area contributed by atoms with Gasteiger partial charge in [0.2, 0.25) is 5.91 Å². The second-order valence-electron chi connectivity index (χ2n) is 7.39. The molecule has 10 heteroatoms. The quantitative estimate of drug-likeness (QED) is 0.106. The Morgan fingerprint density at radius 2 is 1.71 bits per heavy atom. The summed E-state index contributed by atoms with van der Waals surface area (Å²) in [6.07, 6.45) is -0.121. The maximum atomic E-state index is 12.8. The average molecular weight is 463 g/mol. The van der Waals surface area contributed by atoms with Gasteiger partial charge in [0.05, 0.1) is 25.1 Å². The van der Waals surface area contributed by atoms with E-state index < -0.39 is 11.9 Å². The van der Waals surface area contributed by atoms with Crippen LogP contribution in [0.2, 0.25) is 0 Å². The zero-order valence-corrected chi connectivity index (χ0v) is 18.6. The highest BCUT2D eigenvalue weighted by Crippen LogP contribution is 2.30. The fraction of sp³-hybridized carbons (Fsp3) is 0.167. The minimum atomic E-state index is -0.598. The lowest BCUT2D eigenvalue weighted by Gasteiger charge is -2.13. The first-order valence-corrected chi connectivity index (χ1v) is 10.3. The summed E-state index contributed by atoms with van der Waals surface area (Å²) in [5.74, 6) is -0.787. The summed E-state index contributed by atoms with van der Waals surface area (Å²) < 4.78 is 10.5. The molecule has 0 bridgehead atoms. The monoisotopic (exact) mass is 462 g/mol. The number of hydrogen-bond acceptors (Lipinski definition) is 6. The molecule has 0 heterocycles. The number of aliphatic imine (C=N–C) groups is 1. The van der Waals surface area contributed by atoms with Crippen molar-refractivity contribution in [3.63, 3.8) is 0 Å². The first-order chi connectivity index (χ1) is 16.3. The fourth-order valence-corrected chi connectivity index (χ4v) is 3.29. The predicted molar refractivity (Wildman–Crippen MR) is 131 cm³/mol. The van der Waals surface area contributed by atoms with Gasteiger partial charge in [-0.05, 0) is 47.2 Å². The van der Waals surface area contributed by atoms with Gasteiger partial charge >= 0.3 is 5.97 Å². The summed E-state index contributed by atoms with van der Waals surface area (Å²) in [7, 11) is 1.58. The molecule has 10 nitrogen and oxygen atoms in total. The summed E-state index contributed by atoms with van der Waals surface area (Å²) in [5, 5.41) is 12.0. The van der Waals surface area contributed by atoms with E-state index in [1.807, 2.05) is 0 Å². The number of amidine groups is 1. The molecule has 0 unspecified atom stereocenters. The van der Waals surface area contributed by atoms with Crippen LogP contribution < -0.4 is 27.3 Å². The molecule has 0 saturated carbocycles. The number of nitrogen functional groups attached to an aromatic ring is 1. The van der Waals surface area contributed by atoms with Crippen molar-refractivity contribution < 1.29 is 19.1 Å². The molecule has 0 aliphatic rings. The van der Waals surface area contributed by atoms with Gasteiger partial charge in [-0.3, -0.25) is 15.2 Å². The van der Waals surface area contributed by atoms with Crippen molar-refractivity contribution in [1.82, 2.24) is 0 Å². The maximum absolute atomic E-state index is 12.8. The number of nitrogens with one attached hydrogen (secondary N) is 2. The molecule has 3 aromatic carbocycles. The van der Waals surface area contributed by atoms with E-state index in [2.05, 4.69) is 10.3 Å². The van der Waals surface area contributed by atoms with Crippen LogP contribution in [0.3, 0.4) is 0 Å². The number of nitrogens with two attached hydrogens (primary N) is 3. The number of carbonyl (C=O) groups is 2. The highest BCUT2D eigenvalue weighted by Gasteiger charge is 2.16. The molecular formula is C24H26N6O4. The molecule has 0 fully saturated rings.